The minimum Gasteiger partial charge on any atom is -0.331 e. The van der Waals surface area contributed by atoms with Crippen LogP contribution in [0.25, 0.3) is 10.2 Å². The van der Waals surface area contributed by atoms with Crippen molar-refractivity contribution in [3.63, 3.8) is 0 Å². The molecular weight excluding hydrogens is 384 g/mol. The van der Waals surface area contributed by atoms with Gasteiger partial charge in [0.15, 0.2) is 5.82 Å². The number of hydrogen-bond acceptors (Lipinski definition) is 5. The number of nitrogens with one attached hydrogen (secondary N) is 1. The van der Waals surface area contributed by atoms with Crippen LogP contribution >= 0.6 is 11.3 Å². The van der Waals surface area contributed by atoms with Crippen LogP contribution in [-0.2, 0) is 18.3 Å². The molecule has 0 atom stereocenters. The van der Waals surface area contributed by atoms with Crippen LogP contribution in [0.2, 0.25) is 0 Å². The number of carbonyl (C=O) groups is 2. The second kappa shape index (κ2) is 8.36. The van der Waals surface area contributed by atoms with Gasteiger partial charge in [0.1, 0.15) is 0 Å². The van der Waals surface area contributed by atoms with Crippen molar-refractivity contribution in [2.75, 3.05) is 5.32 Å². The Morgan fingerprint density at radius 1 is 1.10 bits per heavy atom. The molecule has 6 nitrogen and oxygen atoms in total. The standard InChI is InChI=1S/C22H20N4O2S/c1-26-14-13-23-22(26)21(28)15-9-11-16(12-10-15)24-19(27)7-4-8-20-25-17-5-2-3-6-18(17)29-20/h2-3,5-6,9-14H,4,7-8H2,1H3,(H,24,27). The maximum atomic E-state index is 12.4. The van der Waals surface area contributed by atoms with Crippen LogP contribution in [0.5, 0.6) is 0 Å². The minimum atomic E-state index is -0.147. The minimum absolute atomic E-state index is 0.0470. The molecule has 0 spiro atoms. The molecule has 2 aromatic heterocycles. The third kappa shape index (κ3) is 4.41. The number of benzene rings is 2. The second-order valence-electron chi connectivity index (χ2n) is 6.75. The number of anilines is 1. The van der Waals surface area contributed by atoms with Crippen molar-refractivity contribution in [2.45, 2.75) is 19.3 Å². The molecule has 29 heavy (non-hydrogen) atoms. The maximum absolute atomic E-state index is 12.4. The molecule has 0 saturated heterocycles. The molecule has 7 heteroatoms. The van der Waals surface area contributed by atoms with E-state index in [2.05, 4.69) is 21.4 Å². The van der Waals surface area contributed by atoms with Crippen LogP contribution in [0.15, 0.2) is 60.9 Å². The van der Waals surface area contributed by atoms with Gasteiger partial charge >= 0.3 is 0 Å². The fourth-order valence-corrected chi connectivity index (χ4v) is 4.08. The number of ketones is 1. The molecule has 146 valence electrons. The number of rotatable bonds is 7. The molecule has 0 aliphatic rings. The SMILES string of the molecule is Cn1ccnc1C(=O)c1ccc(NC(=O)CCCc2nc3ccccc3s2)cc1. The first kappa shape index (κ1) is 19.0. The number of para-hydroxylation sites is 1. The molecule has 2 aromatic carbocycles. The number of carbonyl (C=O) groups excluding carboxylic acids is 2. The Kier molecular flexibility index (Phi) is 5.48. The van der Waals surface area contributed by atoms with Gasteiger partial charge in [-0.1, -0.05) is 12.1 Å². The molecule has 1 N–H and O–H groups in total. The van der Waals surface area contributed by atoms with Crippen LogP contribution in [0.3, 0.4) is 0 Å². The molecule has 0 saturated carbocycles. The lowest BCUT2D eigenvalue weighted by Gasteiger charge is -2.06. The summed E-state index contributed by atoms with van der Waals surface area (Å²) in [6.07, 6.45) is 5.27. The summed E-state index contributed by atoms with van der Waals surface area (Å²) in [5.74, 6) is 0.192. The van der Waals surface area contributed by atoms with Crippen LogP contribution in [-0.4, -0.2) is 26.2 Å². The third-order valence-corrected chi connectivity index (χ3v) is 5.68. The summed E-state index contributed by atoms with van der Waals surface area (Å²) in [6, 6.07) is 14.9. The summed E-state index contributed by atoms with van der Waals surface area (Å²) < 4.78 is 2.86. The van der Waals surface area contributed by atoms with E-state index in [0.29, 0.717) is 23.5 Å². The molecule has 0 unspecified atom stereocenters. The highest BCUT2D eigenvalue weighted by Crippen LogP contribution is 2.23. The summed E-state index contributed by atoms with van der Waals surface area (Å²) in [7, 11) is 1.78. The van der Waals surface area contributed by atoms with Crippen LogP contribution in [0.4, 0.5) is 5.69 Å². The van der Waals surface area contributed by atoms with E-state index in [9.17, 15) is 9.59 Å². The zero-order valence-electron chi connectivity index (χ0n) is 16.0. The van der Waals surface area contributed by atoms with Crippen molar-refractivity contribution < 1.29 is 9.59 Å². The fraction of sp³-hybridized carbons (Fsp3) is 0.182. The van der Waals surface area contributed by atoms with Gasteiger partial charge in [0, 0.05) is 37.1 Å². The number of amides is 1. The Morgan fingerprint density at radius 3 is 2.62 bits per heavy atom. The van der Waals surface area contributed by atoms with Gasteiger partial charge in [-0.25, -0.2) is 9.97 Å². The van der Waals surface area contributed by atoms with Crippen LogP contribution in [0.1, 0.15) is 34.0 Å². The van der Waals surface area contributed by atoms with E-state index in [-0.39, 0.29) is 11.7 Å². The molecule has 0 aliphatic heterocycles. The molecule has 4 rings (SSSR count). The number of aromatic nitrogens is 3. The fourth-order valence-electron chi connectivity index (χ4n) is 3.07. The molecule has 2 heterocycles. The van der Waals surface area contributed by atoms with Crippen molar-refractivity contribution in [2.24, 2.45) is 7.05 Å². The topological polar surface area (TPSA) is 76.9 Å². The average molecular weight is 404 g/mol. The van der Waals surface area contributed by atoms with Crippen LogP contribution in [0, 0.1) is 0 Å². The van der Waals surface area contributed by atoms with E-state index in [0.717, 1.165) is 23.4 Å². The Hall–Kier alpha value is -3.32. The largest absolute Gasteiger partial charge is 0.331 e. The van der Waals surface area contributed by atoms with Gasteiger partial charge in [-0.3, -0.25) is 9.59 Å². The molecule has 0 fully saturated rings. The predicted octanol–water partition coefficient (Wildman–Crippen LogP) is 4.22. The maximum Gasteiger partial charge on any atom is 0.228 e. The van der Waals surface area contributed by atoms with E-state index in [1.165, 1.54) is 4.70 Å². The van der Waals surface area contributed by atoms with Gasteiger partial charge in [-0.05, 0) is 49.2 Å². The zero-order chi connectivity index (χ0) is 20.2. The van der Waals surface area contributed by atoms with Crippen molar-refractivity contribution in [1.82, 2.24) is 14.5 Å². The molecular formula is C22H20N4O2S. The first-order valence-electron chi connectivity index (χ1n) is 9.36. The van der Waals surface area contributed by atoms with Gasteiger partial charge in [0.05, 0.1) is 15.2 Å². The number of thiazole rings is 1. The van der Waals surface area contributed by atoms with E-state index in [1.54, 1.807) is 59.6 Å². The number of nitrogens with zero attached hydrogens (tertiary/aromatic N) is 3. The summed E-state index contributed by atoms with van der Waals surface area (Å²) in [5, 5.41) is 3.93. The molecule has 4 aromatic rings. The third-order valence-electron chi connectivity index (χ3n) is 4.59. The first-order chi connectivity index (χ1) is 14.1. The van der Waals surface area contributed by atoms with Gasteiger partial charge < -0.3 is 9.88 Å². The summed E-state index contributed by atoms with van der Waals surface area (Å²) >= 11 is 1.68. The first-order valence-corrected chi connectivity index (χ1v) is 10.2. The lowest BCUT2D eigenvalue weighted by Crippen LogP contribution is -2.12. The lowest BCUT2D eigenvalue weighted by molar-refractivity contribution is -0.116. The summed E-state index contributed by atoms with van der Waals surface area (Å²) in [4.78, 5) is 33.3. The lowest BCUT2D eigenvalue weighted by atomic mass is 10.1. The van der Waals surface area contributed by atoms with Crippen molar-refractivity contribution in [3.05, 3.63) is 77.3 Å². The second-order valence-corrected chi connectivity index (χ2v) is 7.86. The summed E-state index contributed by atoms with van der Waals surface area (Å²) in [5.41, 5.74) is 2.22. The van der Waals surface area contributed by atoms with Gasteiger partial charge in [0.25, 0.3) is 0 Å². The Balaban J connectivity index is 1.29. The highest BCUT2D eigenvalue weighted by molar-refractivity contribution is 7.18. The average Bonchev–Trinajstić information content (AvgIpc) is 3.33. The van der Waals surface area contributed by atoms with E-state index >= 15 is 0 Å². The van der Waals surface area contributed by atoms with Crippen LogP contribution < -0.4 is 5.32 Å². The Labute approximate surface area is 172 Å². The van der Waals surface area contributed by atoms with Gasteiger partial charge in [0.2, 0.25) is 11.7 Å². The predicted molar refractivity (Wildman–Crippen MR) is 114 cm³/mol. The number of imidazole rings is 1. The molecule has 0 aliphatic carbocycles. The quantitative estimate of drug-likeness (QED) is 0.468. The Bertz CT molecular complexity index is 1130. The highest BCUT2D eigenvalue weighted by Gasteiger charge is 2.13. The monoisotopic (exact) mass is 404 g/mol. The van der Waals surface area contributed by atoms with Gasteiger partial charge in [-0.2, -0.15) is 0 Å². The van der Waals surface area contributed by atoms with Crippen molar-refractivity contribution in [3.8, 4) is 0 Å². The molecule has 1 amide bonds. The zero-order valence-corrected chi connectivity index (χ0v) is 16.8. The van der Waals surface area contributed by atoms with Crippen molar-refractivity contribution in [1.29, 1.82) is 0 Å². The molecule has 0 radical (unpaired) electrons. The normalized spacial score (nSPS) is 10.9. The smallest absolute Gasteiger partial charge is 0.228 e. The number of hydrogen-bond donors (Lipinski definition) is 1. The highest BCUT2D eigenvalue weighted by atomic mass is 32.1. The van der Waals surface area contributed by atoms with Crippen molar-refractivity contribution >= 4 is 38.9 Å². The Morgan fingerprint density at radius 2 is 1.90 bits per heavy atom. The number of fused-ring (bicyclic) bond motifs is 1. The van der Waals surface area contributed by atoms with E-state index < -0.39 is 0 Å². The van der Waals surface area contributed by atoms with E-state index in [1.807, 2.05) is 18.2 Å². The van der Waals surface area contributed by atoms with Gasteiger partial charge in [-0.15, -0.1) is 11.3 Å². The summed E-state index contributed by atoms with van der Waals surface area (Å²) in [6.45, 7) is 0. The van der Waals surface area contributed by atoms with E-state index in [4.69, 9.17) is 0 Å². The molecule has 0 bridgehead atoms. The number of aryl methyl sites for hydroxylation is 2.